The molecule has 0 saturated carbocycles. The van der Waals surface area contributed by atoms with Gasteiger partial charge in [0.25, 0.3) is 0 Å². The van der Waals surface area contributed by atoms with Gasteiger partial charge in [-0.1, -0.05) is 6.58 Å². The summed E-state index contributed by atoms with van der Waals surface area (Å²) in [5, 5.41) is 0. The predicted molar refractivity (Wildman–Crippen MR) is 49.1 cm³/mol. The van der Waals surface area contributed by atoms with Gasteiger partial charge >= 0.3 is 7.60 Å². The summed E-state index contributed by atoms with van der Waals surface area (Å²) in [4.78, 5) is 0. The van der Waals surface area contributed by atoms with Crippen molar-refractivity contribution in [2.24, 2.45) is 5.73 Å². The van der Waals surface area contributed by atoms with Crippen molar-refractivity contribution in [3.8, 4) is 0 Å². The largest absolute Gasteiger partial charge is 0.402 e. The lowest BCUT2D eigenvalue weighted by molar-refractivity contribution is 0.222. The first-order chi connectivity index (χ1) is 5.54. The van der Waals surface area contributed by atoms with Gasteiger partial charge in [-0.15, -0.1) is 0 Å². The van der Waals surface area contributed by atoms with Crippen molar-refractivity contribution in [1.29, 1.82) is 0 Å². The third-order valence-corrected chi connectivity index (χ3v) is 3.14. The zero-order valence-corrected chi connectivity index (χ0v) is 8.47. The van der Waals surface area contributed by atoms with Crippen LogP contribution >= 0.6 is 7.60 Å². The third kappa shape index (κ3) is 4.54. The molecule has 2 N–H and O–H groups in total. The maximum atomic E-state index is 11.6. The highest BCUT2D eigenvalue weighted by molar-refractivity contribution is 7.54. The van der Waals surface area contributed by atoms with E-state index in [1.54, 1.807) is 13.8 Å². The minimum absolute atomic E-state index is 0.0919. The zero-order valence-electron chi connectivity index (χ0n) is 7.58. The summed E-state index contributed by atoms with van der Waals surface area (Å²) in [5.41, 5.74) is 5.63. The number of allylic oxidation sites excluding steroid dienone is 1. The van der Waals surface area contributed by atoms with Crippen LogP contribution in [-0.2, 0) is 13.6 Å². The molecule has 0 atom stereocenters. The molecule has 0 aromatic carbocycles. The molecule has 4 nitrogen and oxygen atoms in total. The van der Waals surface area contributed by atoms with Crippen molar-refractivity contribution in [3.05, 3.63) is 12.3 Å². The summed E-state index contributed by atoms with van der Waals surface area (Å²) < 4.78 is 21.6. The maximum absolute atomic E-state index is 11.6. The van der Waals surface area contributed by atoms with E-state index >= 15 is 0 Å². The molecule has 72 valence electrons. The minimum atomic E-state index is -3.00. The van der Waals surface area contributed by atoms with Crippen LogP contribution in [0.5, 0.6) is 0 Å². The second-order valence-corrected chi connectivity index (χ2v) is 4.32. The topological polar surface area (TPSA) is 61.6 Å². The SMILES string of the molecule is C=C(N)CP(=O)(OCC)OCC. The molecule has 0 fully saturated rings. The van der Waals surface area contributed by atoms with E-state index in [9.17, 15) is 4.57 Å². The molecule has 0 aromatic heterocycles. The Bertz CT molecular complexity index is 183. The van der Waals surface area contributed by atoms with Gasteiger partial charge in [-0.05, 0) is 13.8 Å². The monoisotopic (exact) mass is 193 g/mol. The van der Waals surface area contributed by atoms with E-state index in [4.69, 9.17) is 14.8 Å². The Morgan fingerprint density at radius 3 is 2.08 bits per heavy atom. The van der Waals surface area contributed by atoms with Crippen molar-refractivity contribution < 1.29 is 13.6 Å². The highest BCUT2D eigenvalue weighted by atomic mass is 31.2. The number of hydrogen-bond donors (Lipinski definition) is 1. The molecule has 0 rings (SSSR count). The van der Waals surface area contributed by atoms with Crippen molar-refractivity contribution in [2.75, 3.05) is 19.4 Å². The molecular formula is C7H16NO3P. The second kappa shape index (κ2) is 5.36. The number of rotatable bonds is 6. The van der Waals surface area contributed by atoms with Crippen LogP contribution in [0.3, 0.4) is 0 Å². The van der Waals surface area contributed by atoms with Crippen LogP contribution in [0.4, 0.5) is 0 Å². The summed E-state index contributed by atoms with van der Waals surface area (Å²) in [5.74, 6) is 0. The molecule has 0 saturated heterocycles. The normalized spacial score (nSPS) is 11.5. The Morgan fingerprint density at radius 2 is 1.83 bits per heavy atom. The Morgan fingerprint density at radius 1 is 1.42 bits per heavy atom. The van der Waals surface area contributed by atoms with E-state index in [0.29, 0.717) is 18.9 Å². The molecule has 0 aliphatic carbocycles. The van der Waals surface area contributed by atoms with Gasteiger partial charge in [-0.3, -0.25) is 4.57 Å². The van der Waals surface area contributed by atoms with E-state index in [1.807, 2.05) is 0 Å². The molecule has 0 radical (unpaired) electrons. The van der Waals surface area contributed by atoms with Crippen LogP contribution in [0.25, 0.3) is 0 Å². The number of nitrogens with two attached hydrogens (primary N) is 1. The molecule has 0 bridgehead atoms. The van der Waals surface area contributed by atoms with E-state index in [0.717, 1.165) is 0 Å². The highest BCUT2D eigenvalue weighted by Gasteiger charge is 2.23. The summed E-state index contributed by atoms with van der Waals surface area (Å²) >= 11 is 0. The summed E-state index contributed by atoms with van der Waals surface area (Å²) in [6.07, 6.45) is 0.0919. The fourth-order valence-electron chi connectivity index (χ4n) is 0.771. The standard InChI is InChI=1S/C7H16NO3P/c1-4-10-12(9,11-5-2)6-7(3)8/h3-6,8H2,1-2H3. The van der Waals surface area contributed by atoms with Gasteiger partial charge in [-0.25, -0.2) is 0 Å². The third-order valence-electron chi connectivity index (χ3n) is 1.05. The predicted octanol–water partition coefficient (Wildman–Crippen LogP) is 1.72. The Labute approximate surface area is 73.3 Å². The Hall–Kier alpha value is -0.310. The molecule has 5 heteroatoms. The summed E-state index contributed by atoms with van der Waals surface area (Å²) in [7, 11) is -3.00. The molecule has 0 heterocycles. The number of hydrogen-bond acceptors (Lipinski definition) is 4. The van der Waals surface area contributed by atoms with Crippen molar-refractivity contribution in [2.45, 2.75) is 13.8 Å². The summed E-state index contributed by atoms with van der Waals surface area (Å²) in [6, 6.07) is 0. The van der Waals surface area contributed by atoms with Gasteiger partial charge in [0.15, 0.2) is 0 Å². The lowest BCUT2D eigenvalue weighted by Gasteiger charge is -2.16. The van der Waals surface area contributed by atoms with E-state index in [2.05, 4.69) is 6.58 Å². The average Bonchev–Trinajstić information content (AvgIpc) is 1.85. The van der Waals surface area contributed by atoms with Gasteiger partial charge in [0.1, 0.15) is 0 Å². The highest BCUT2D eigenvalue weighted by Crippen LogP contribution is 2.48. The van der Waals surface area contributed by atoms with Gasteiger partial charge in [0.05, 0.1) is 19.4 Å². The first-order valence-corrected chi connectivity index (χ1v) is 5.58. The molecule has 0 spiro atoms. The van der Waals surface area contributed by atoms with Crippen molar-refractivity contribution in [1.82, 2.24) is 0 Å². The van der Waals surface area contributed by atoms with Crippen LogP contribution in [0.2, 0.25) is 0 Å². The van der Waals surface area contributed by atoms with Crippen LogP contribution in [-0.4, -0.2) is 19.4 Å². The fourth-order valence-corrected chi connectivity index (χ4v) is 2.31. The first-order valence-electron chi connectivity index (χ1n) is 3.85. The van der Waals surface area contributed by atoms with Crippen LogP contribution < -0.4 is 5.73 Å². The van der Waals surface area contributed by atoms with Crippen LogP contribution in [0.15, 0.2) is 12.3 Å². The smallest absolute Gasteiger partial charge is 0.336 e. The van der Waals surface area contributed by atoms with E-state index in [-0.39, 0.29) is 6.16 Å². The molecule has 0 amide bonds. The van der Waals surface area contributed by atoms with Gasteiger partial charge < -0.3 is 14.8 Å². The molecule has 12 heavy (non-hydrogen) atoms. The first kappa shape index (κ1) is 11.7. The van der Waals surface area contributed by atoms with Crippen molar-refractivity contribution in [3.63, 3.8) is 0 Å². The Kier molecular flexibility index (Phi) is 5.22. The van der Waals surface area contributed by atoms with E-state index in [1.165, 1.54) is 0 Å². The van der Waals surface area contributed by atoms with Gasteiger partial charge in [0.2, 0.25) is 0 Å². The fraction of sp³-hybridized carbons (Fsp3) is 0.714. The van der Waals surface area contributed by atoms with Crippen molar-refractivity contribution >= 4 is 7.60 Å². The van der Waals surface area contributed by atoms with Gasteiger partial charge in [-0.2, -0.15) is 0 Å². The molecular weight excluding hydrogens is 177 g/mol. The summed E-state index contributed by atoms with van der Waals surface area (Å²) in [6.45, 7) is 7.66. The molecule has 0 unspecified atom stereocenters. The second-order valence-electron chi connectivity index (χ2n) is 2.26. The molecule has 0 aromatic rings. The van der Waals surface area contributed by atoms with Crippen LogP contribution in [0.1, 0.15) is 13.8 Å². The van der Waals surface area contributed by atoms with Crippen LogP contribution in [0, 0.1) is 0 Å². The zero-order chi connectivity index (χ0) is 9.61. The lowest BCUT2D eigenvalue weighted by atomic mass is 10.6. The average molecular weight is 193 g/mol. The minimum Gasteiger partial charge on any atom is -0.402 e. The molecule has 0 aliphatic rings. The van der Waals surface area contributed by atoms with E-state index < -0.39 is 7.60 Å². The van der Waals surface area contributed by atoms with Gasteiger partial charge in [0, 0.05) is 5.70 Å². The maximum Gasteiger partial charge on any atom is 0.336 e. The Balaban J connectivity index is 4.18. The lowest BCUT2D eigenvalue weighted by Crippen LogP contribution is -2.06. The molecule has 0 aliphatic heterocycles. The quantitative estimate of drug-likeness (QED) is 0.652.